The number of likely N-dealkylation sites (tertiary alicyclic amines) is 1. The largest absolute Gasteiger partial charge is 0.481 e. The molecule has 2 aliphatic rings. The molecule has 2 heterocycles. The van der Waals surface area contributed by atoms with Crippen LogP contribution in [0.2, 0.25) is 0 Å². The molecular formula is C17H26N4O3. The van der Waals surface area contributed by atoms with E-state index in [1.807, 2.05) is 18.0 Å². The van der Waals surface area contributed by atoms with Crippen LogP contribution < -0.4 is 5.32 Å². The average molecular weight is 334 g/mol. The van der Waals surface area contributed by atoms with Crippen LogP contribution >= 0.6 is 0 Å². The molecule has 0 bridgehead atoms. The average Bonchev–Trinajstić information content (AvgIpc) is 3.18. The lowest BCUT2D eigenvalue weighted by molar-refractivity contribution is -0.142. The number of carboxylic acid groups (broad SMARTS) is 1. The lowest BCUT2D eigenvalue weighted by atomic mass is 9.86. The number of hydrogen-bond acceptors (Lipinski definition) is 3. The zero-order chi connectivity index (χ0) is 17.1. The number of nitrogens with zero attached hydrogens (tertiary/aromatic N) is 3. The number of aryl methyl sites for hydroxylation is 1. The highest BCUT2D eigenvalue weighted by molar-refractivity contribution is 5.75. The zero-order valence-corrected chi connectivity index (χ0v) is 14.1. The quantitative estimate of drug-likeness (QED) is 0.882. The van der Waals surface area contributed by atoms with Gasteiger partial charge in [0.2, 0.25) is 0 Å². The Morgan fingerprint density at radius 3 is 2.67 bits per heavy atom. The van der Waals surface area contributed by atoms with E-state index in [1.165, 1.54) is 0 Å². The van der Waals surface area contributed by atoms with Gasteiger partial charge >= 0.3 is 12.0 Å². The molecule has 24 heavy (non-hydrogen) atoms. The molecule has 132 valence electrons. The number of hydrogen-bond donors (Lipinski definition) is 2. The van der Waals surface area contributed by atoms with Crippen LogP contribution in [0, 0.1) is 12.8 Å². The Morgan fingerprint density at radius 2 is 2.04 bits per heavy atom. The van der Waals surface area contributed by atoms with E-state index in [2.05, 4.69) is 14.9 Å². The number of amides is 2. The third-order valence-electron chi connectivity index (χ3n) is 5.37. The SMILES string of the molecule is Cc1nccn1CC1CCCN1C(=O)NC1CCC(C(=O)O)CC1. The predicted molar refractivity (Wildman–Crippen MR) is 88.6 cm³/mol. The molecule has 1 aromatic rings. The van der Waals surface area contributed by atoms with Crippen molar-refractivity contribution in [2.24, 2.45) is 5.92 Å². The first-order valence-corrected chi connectivity index (χ1v) is 8.82. The van der Waals surface area contributed by atoms with Gasteiger partial charge in [-0.25, -0.2) is 9.78 Å². The van der Waals surface area contributed by atoms with E-state index in [0.717, 1.165) is 44.6 Å². The second-order valence-corrected chi connectivity index (χ2v) is 6.95. The van der Waals surface area contributed by atoms with Gasteiger partial charge in [0.25, 0.3) is 0 Å². The van der Waals surface area contributed by atoms with Gasteiger partial charge in [-0.05, 0) is 45.4 Å². The Hall–Kier alpha value is -2.05. The molecule has 7 nitrogen and oxygen atoms in total. The summed E-state index contributed by atoms with van der Waals surface area (Å²) in [6.45, 7) is 3.54. The van der Waals surface area contributed by atoms with E-state index in [-0.39, 0.29) is 24.0 Å². The molecule has 0 radical (unpaired) electrons. The lowest BCUT2D eigenvalue weighted by Gasteiger charge is -2.31. The molecule has 1 aliphatic heterocycles. The monoisotopic (exact) mass is 334 g/mol. The van der Waals surface area contributed by atoms with Gasteiger partial charge in [0.05, 0.1) is 12.0 Å². The van der Waals surface area contributed by atoms with Gasteiger partial charge in [-0.2, -0.15) is 0 Å². The maximum absolute atomic E-state index is 12.6. The van der Waals surface area contributed by atoms with Crippen molar-refractivity contribution in [3.05, 3.63) is 18.2 Å². The summed E-state index contributed by atoms with van der Waals surface area (Å²) in [5.74, 6) is 0.00578. The van der Waals surface area contributed by atoms with Gasteiger partial charge in [0.1, 0.15) is 5.82 Å². The standard InChI is InChI=1S/C17H26N4O3/c1-12-18-8-10-20(12)11-15-3-2-9-21(15)17(24)19-14-6-4-13(5-7-14)16(22)23/h8,10,13-15H,2-7,9,11H2,1H3,(H,19,24)(H,22,23). The Bertz CT molecular complexity index is 592. The molecule has 2 N–H and O–H groups in total. The van der Waals surface area contributed by atoms with E-state index < -0.39 is 5.97 Å². The van der Waals surface area contributed by atoms with Crippen LogP contribution in [0.3, 0.4) is 0 Å². The van der Waals surface area contributed by atoms with Crippen LogP contribution in [0.5, 0.6) is 0 Å². The van der Waals surface area contributed by atoms with Gasteiger partial charge in [0.15, 0.2) is 0 Å². The number of urea groups is 1. The number of rotatable bonds is 4. The molecule has 1 aliphatic carbocycles. The number of imidazole rings is 1. The maximum Gasteiger partial charge on any atom is 0.317 e. The van der Waals surface area contributed by atoms with Crippen molar-refractivity contribution in [1.29, 1.82) is 0 Å². The minimum Gasteiger partial charge on any atom is -0.481 e. The van der Waals surface area contributed by atoms with E-state index in [9.17, 15) is 9.59 Å². The molecule has 1 saturated carbocycles. The molecular weight excluding hydrogens is 308 g/mol. The first-order chi connectivity index (χ1) is 11.5. The van der Waals surface area contributed by atoms with E-state index in [1.54, 1.807) is 6.20 Å². The number of aliphatic carboxylic acids is 1. The summed E-state index contributed by atoms with van der Waals surface area (Å²) in [6, 6.07) is 0.298. The highest BCUT2D eigenvalue weighted by atomic mass is 16.4. The van der Waals surface area contributed by atoms with Crippen molar-refractivity contribution in [2.45, 2.75) is 64.1 Å². The fourth-order valence-electron chi connectivity index (χ4n) is 3.86. The fraction of sp³-hybridized carbons (Fsp3) is 0.706. The molecule has 3 rings (SSSR count). The van der Waals surface area contributed by atoms with Crippen molar-refractivity contribution >= 4 is 12.0 Å². The van der Waals surface area contributed by atoms with Gasteiger partial charge in [0, 0.05) is 31.5 Å². The fourth-order valence-corrected chi connectivity index (χ4v) is 3.86. The van der Waals surface area contributed by atoms with Crippen LogP contribution in [0.4, 0.5) is 4.79 Å². The summed E-state index contributed by atoms with van der Waals surface area (Å²) in [6.07, 6.45) is 8.58. The minimum absolute atomic E-state index is 0.00552. The smallest absolute Gasteiger partial charge is 0.317 e. The third kappa shape index (κ3) is 3.71. The molecule has 1 unspecified atom stereocenters. The van der Waals surface area contributed by atoms with Crippen molar-refractivity contribution in [3.63, 3.8) is 0 Å². The van der Waals surface area contributed by atoms with Crippen LogP contribution in [0.15, 0.2) is 12.4 Å². The summed E-state index contributed by atoms with van der Waals surface area (Å²) in [5.41, 5.74) is 0. The Kier molecular flexibility index (Phi) is 5.06. The first-order valence-electron chi connectivity index (χ1n) is 8.82. The normalized spacial score (nSPS) is 27.2. The summed E-state index contributed by atoms with van der Waals surface area (Å²) in [5, 5.41) is 12.2. The van der Waals surface area contributed by atoms with Gasteiger partial charge in [-0.1, -0.05) is 0 Å². The molecule has 2 amide bonds. The highest BCUT2D eigenvalue weighted by Gasteiger charge is 2.32. The minimum atomic E-state index is -0.713. The van der Waals surface area contributed by atoms with E-state index in [4.69, 9.17) is 5.11 Å². The van der Waals surface area contributed by atoms with Crippen LogP contribution in [-0.2, 0) is 11.3 Å². The topological polar surface area (TPSA) is 87.5 Å². The number of carbonyl (C=O) groups excluding carboxylic acids is 1. The molecule has 1 aromatic heterocycles. The van der Waals surface area contributed by atoms with Crippen LogP contribution in [-0.4, -0.2) is 50.2 Å². The Morgan fingerprint density at radius 1 is 1.29 bits per heavy atom. The van der Waals surface area contributed by atoms with Gasteiger partial charge in [-0.15, -0.1) is 0 Å². The van der Waals surface area contributed by atoms with Crippen molar-refractivity contribution < 1.29 is 14.7 Å². The van der Waals surface area contributed by atoms with Crippen molar-refractivity contribution in [3.8, 4) is 0 Å². The third-order valence-corrected chi connectivity index (χ3v) is 5.37. The second kappa shape index (κ2) is 7.23. The van der Waals surface area contributed by atoms with Crippen LogP contribution in [0.25, 0.3) is 0 Å². The maximum atomic E-state index is 12.6. The van der Waals surface area contributed by atoms with E-state index >= 15 is 0 Å². The summed E-state index contributed by atoms with van der Waals surface area (Å²) < 4.78 is 2.09. The Balaban J connectivity index is 1.52. The van der Waals surface area contributed by atoms with E-state index in [0.29, 0.717) is 12.8 Å². The summed E-state index contributed by atoms with van der Waals surface area (Å²) >= 11 is 0. The van der Waals surface area contributed by atoms with Crippen molar-refractivity contribution in [1.82, 2.24) is 19.8 Å². The molecule has 0 spiro atoms. The summed E-state index contributed by atoms with van der Waals surface area (Å²) in [4.78, 5) is 29.8. The first kappa shape index (κ1) is 16.8. The van der Waals surface area contributed by atoms with Gasteiger partial charge < -0.3 is 19.9 Å². The highest BCUT2D eigenvalue weighted by Crippen LogP contribution is 2.25. The molecule has 1 saturated heterocycles. The molecule has 0 aromatic carbocycles. The number of carboxylic acids is 1. The van der Waals surface area contributed by atoms with Gasteiger partial charge in [-0.3, -0.25) is 4.79 Å². The Labute approximate surface area is 142 Å². The molecule has 1 atom stereocenters. The zero-order valence-electron chi connectivity index (χ0n) is 14.1. The van der Waals surface area contributed by atoms with Crippen molar-refractivity contribution in [2.75, 3.05) is 6.54 Å². The molecule has 7 heteroatoms. The second-order valence-electron chi connectivity index (χ2n) is 6.95. The summed E-state index contributed by atoms with van der Waals surface area (Å²) in [7, 11) is 0. The number of aromatic nitrogens is 2. The predicted octanol–water partition coefficient (Wildman–Crippen LogP) is 2.01. The van der Waals surface area contributed by atoms with Crippen LogP contribution in [0.1, 0.15) is 44.3 Å². The lowest BCUT2D eigenvalue weighted by Crippen LogP contribution is -2.49. The number of carbonyl (C=O) groups is 2. The molecule has 2 fully saturated rings. The number of nitrogens with one attached hydrogen (secondary N) is 1.